The van der Waals surface area contributed by atoms with E-state index in [-0.39, 0.29) is 0 Å². The maximum atomic E-state index is 5.21. The molecule has 0 saturated heterocycles. The Kier molecular flexibility index (Phi) is 6.76. The summed E-state index contributed by atoms with van der Waals surface area (Å²) in [6.07, 6.45) is 0. The third kappa shape index (κ3) is 5.06. The van der Waals surface area contributed by atoms with Gasteiger partial charge in [0.25, 0.3) is 0 Å². The molecule has 0 atom stereocenters. The zero-order valence-electron chi connectivity index (χ0n) is 26.0. The second-order valence-electron chi connectivity index (χ2n) is 11.9. The summed E-state index contributed by atoms with van der Waals surface area (Å²) >= 11 is 0. The molecule has 0 amide bonds. The number of benzene rings is 7. The van der Waals surface area contributed by atoms with Crippen molar-refractivity contribution in [2.45, 2.75) is 0 Å². The second kappa shape index (κ2) is 11.7. The molecular weight excluding hydrogens is 585 g/mol. The quantitative estimate of drug-likeness (QED) is 0.181. The lowest BCUT2D eigenvalue weighted by Gasteiger charge is -2.13. The summed E-state index contributed by atoms with van der Waals surface area (Å²) < 4.78 is 0. The molecule has 224 valence electrons. The molecule has 2 aromatic heterocycles. The molecular formula is C44H28N4. The van der Waals surface area contributed by atoms with Gasteiger partial charge in [0.15, 0.2) is 11.6 Å². The molecule has 4 heteroatoms. The van der Waals surface area contributed by atoms with Gasteiger partial charge >= 0.3 is 0 Å². The molecule has 0 saturated carbocycles. The van der Waals surface area contributed by atoms with Gasteiger partial charge in [-0.25, -0.2) is 19.9 Å². The summed E-state index contributed by atoms with van der Waals surface area (Å²) in [4.78, 5) is 20.5. The Morgan fingerprint density at radius 3 is 1.48 bits per heavy atom. The molecule has 0 spiro atoms. The molecule has 48 heavy (non-hydrogen) atoms. The van der Waals surface area contributed by atoms with E-state index in [4.69, 9.17) is 19.9 Å². The van der Waals surface area contributed by atoms with Crippen LogP contribution in [0, 0.1) is 0 Å². The largest absolute Gasteiger partial charge is 0.228 e. The van der Waals surface area contributed by atoms with E-state index < -0.39 is 0 Å². The summed E-state index contributed by atoms with van der Waals surface area (Å²) in [6.45, 7) is 0. The van der Waals surface area contributed by atoms with Gasteiger partial charge in [0.1, 0.15) is 0 Å². The number of hydrogen-bond donors (Lipinski definition) is 0. The third-order valence-corrected chi connectivity index (χ3v) is 8.86. The highest BCUT2D eigenvalue weighted by molar-refractivity contribution is 6.10. The lowest BCUT2D eigenvalue weighted by molar-refractivity contribution is 1.18. The SMILES string of the molecule is c1ccc(-c2nc(-c3ccc4ccccc4c3)cc(-c3ccc4ccc5c(-c6ccccc6)nc(-c6ccccc6)nc5c4c3)n2)cc1. The van der Waals surface area contributed by atoms with E-state index in [9.17, 15) is 0 Å². The number of rotatable bonds is 5. The van der Waals surface area contributed by atoms with Crippen LogP contribution in [0.4, 0.5) is 0 Å². The molecule has 0 radical (unpaired) electrons. The van der Waals surface area contributed by atoms with Crippen molar-refractivity contribution < 1.29 is 0 Å². The van der Waals surface area contributed by atoms with Gasteiger partial charge in [0.2, 0.25) is 0 Å². The maximum absolute atomic E-state index is 5.21. The number of fused-ring (bicyclic) bond motifs is 4. The van der Waals surface area contributed by atoms with E-state index in [1.54, 1.807) is 0 Å². The van der Waals surface area contributed by atoms with Gasteiger partial charge in [-0.1, -0.05) is 146 Å². The fourth-order valence-electron chi connectivity index (χ4n) is 6.41. The number of nitrogens with zero attached hydrogens (tertiary/aromatic N) is 4. The molecule has 7 aromatic carbocycles. The number of aromatic nitrogens is 4. The standard InChI is InChI=1S/C44H28N4/c1-4-13-31(14-5-1)41-37-25-24-30-21-23-36(27-38(30)42(37)48-44(47-41)33-17-8-3-9-18-33)40-28-39(45-43(46-40)32-15-6-2-7-16-32)35-22-20-29-12-10-11-19-34(29)26-35/h1-28H. The smallest absolute Gasteiger partial charge is 0.160 e. The normalized spacial score (nSPS) is 11.3. The highest BCUT2D eigenvalue weighted by atomic mass is 14.9. The molecule has 0 N–H and O–H groups in total. The first-order valence-electron chi connectivity index (χ1n) is 16.1. The van der Waals surface area contributed by atoms with Crippen molar-refractivity contribution in [3.05, 3.63) is 170 Å². The van der Waals surface area contributed by atoms with Crippen LogP contribution >= 0.6 is 0 Å². The monoisotopic (exact) mass is 612 g/mol. The van der Waals surface area contributed by atoms with Gasteiger partial charge < -0.3 is 0 Å². The summed E-state index contributed by atoms with van der Waals surface area (Å²) in [6, 6.07) is 58.6. The van der Waals surface area contributed by atoms with Crippen molar-refractivity contribution in [2.75, 3.05) is 0 Å². The van der Waals surface area contributed by atoms with E-state index in [1.165, 1.54) is 10.8 Å². The van der Waals surface area contributed by atoms with Crippen LogP contribution in [0.2, 0.25) is 0 Å². The fourth-order valence-corrected chi connectivity index (χ4v) is 6.41. The van der Waals surface area contributed by atoms with Crippen molar-refractivity contribution >= 4 is 32.4 Å². The van der Waals surface area contributed by atoms with E-state index >= 15 is 0 Å². The summed E-state index contributed by atoms with van der Waals surface area (Å²) in [7, 11) is 0. The zero-order chi connectivity index (χ0) is 31.9. The maximum Gasteiger partial charge on any atom is 0.160 e. The van der Waals surface area contributed by atoms with E-state index in [0.29, 0.717) is 11.6 Å². The Morgan fingerprint density at radius 1 is 0.292 bits per heavy atom. The average Bonchev–Trinajstić information content (AvgIpc) is 3.18. The predicted molar refractivity (Wildman–Crippen MR) is 197 cm³/mol. The molecule has 0 fully saturated rings. The van der Waals surface area contributed by atoms with Gasteiger partial charge in [-0.05, 0) is 40.4 Å². The molecule has 4 nitrogen and oxygen atoms in total. The molecule has 0 unspecified atom stereocenters. The van der Waals surface area contributed by atoms with E-state index in [0.717, 1.165) is 66.6 Å². The minimum absolute atomic E-state index is 0.689. The van der Waals surface area contributed by atoms with Crippen LogP contribution in [0.5, 0.6) is 0 Å². The van der Waals surface area contributed by atoms with Crippen LogP contribution in [0.1, 0.15) is 0 Å². The van der Waals surface area contributed by atoms with Gasteiger partial charge in [0.05, 0.1) is 22.6 Å². The molecule has 0 bridgehead atoms. The van der Waals surface area contributed by atoms with Crippen LogP contribution in [0.25, 0.3) is 89.0 Å². The Morgan fingerprint density at radius 2 is 0.812 bits per heavy atom. The minimum atomic E-state index is 0.689. The summed E-state index contributed by atoms with van der Waals surface area (Å²) in [5, 5.41) is 5.54. The van der Waals surface area contributed by atoms with Gasteiger partial charge in [-0.15, -0.1) is 0 Å². The van der Waals surface area contributed by atoms with Crippen molar-refractivity contribution in [1.29, 1.82) is 0 Å². The molecule has 0 aliphatic carbocycles. The molecule has 9 aromatic rings. The van der Waals surface area contributed by atoms with Crippen LogP contribution in [0.15, 0.2) is 170 Å². The van der Waals surface area contributed by atoms with Crippen LogP contribution in [-0.4, -0.2) is 19.9 Å². The third-order valence-electron chi connectivity index (χ3n) is 8.86. The summed E-state index contributed by atoms with van der Waals surface area (Å²) in [5.74, 6) is 1.39. The molecule has 2 heterocycles. The minimum Gasteiger partial charge on any atom is -0.228 e. The van der Waals surface area contributed by atoms with E-state index in [2.05, 4.69) is 127 Å². The molecule has 9 rings (SSSR count). The Balaban J connectivity index is 1.28. The number of hydrogen-bond acceptors (Lipinski definition) is 4. The van der Waals surface area contributed by atoms with Crippen LogP contribution < -0.4 is 0 Å². The highest BCUT2D eigenvalue weighted by Gasteiger charge is 2.16. The lowest BCUT2D eigenvalue weighted by atomic mass is 9.98. The predicted octanol–water partition coefficient (Wildman–Crippen LogP) is 11.1. The van der Waals surface area contributed by atoms with Crippen LogP contribution in [-0.2, 0) is 0 Å². The van der Waals surface area contributed by atoms with Crippen molar-refractivity contribution in [3.8, 4) is 56.5 Å². The van der Waals surface area contributed by atoms with Gasteiger partial charge in [-0.2, -0.15) is 0 Å². The lowest BCUT2D eigenvalue weighted by Crippen LogP contribution is -1.97. The highest BCUT2D eigenvalue weighted by Crippen LogP contribution is 2.36. The van der Waals surface area contributed by atoms with Crippen LogP contribution in [0.3, 0.4) is 0 Å². The van der Waals surface area contributed by atoms with Gasteiger partial charge in [-0.3, -0.25) is 0 Å². The molecule has 0 aliphatic rings. The Bertz CT molecular complexity index is 2600. The fraction of sp³-hybridized carbons (Fsp3) is 0. The first kappa shape index (κ1) is 27.8. The first-order chi connectivity index (χ1) is 23.8. The molecule has 0 aliphatic heterocycles. The zero-order valence-corrected chi connectivity index (χ0v) is 26.0. The van der Waals surface area contributed by atoms with Crippen molar-refractivity contribution in [2.24, 2.45) is 0 Å². The summed E-state index contributed by atoms with van der Waals surface area (Å²) in [5.41, 5.74) is 8.61. The van der Waals surface area contributed by atoms with Crippen molar-refractivity contribution in [1.82, 2.24) is 19.9 Å². The topological polar surface area (TPSA) is 51.6 Å². The van der Waals surface area contributed by atoms with Gasteiger partial charge in [0, 0.05) is 38.6 Å². The Hall–Kier alpha value is -6.52. The Labute approximate surface area is 278 Å². The van der Waals surface area contributed by atoms with Crippen molar-refractivity contribution in [3.63, 3.8) is 0 Å². The van der Waals surface area contributed by atoms with E-state index in [1.807, 2.05) is 42.5 Å². The second-order valence-corrected chi connectivity index (χ2v) is 11.9. The average molecular weight is 613 g/mol. The first-order valence-corrected chi connectivity index (χ1v) is 16.1.